The SMILES string of the molecule is CCC(C)Nc1ccc(NS(=O)(=O)c2cccc(Cl)c2)nn1. The minimum Gasteiger partial charge on any atom is -0.366 e. The Kier molecular flexibility index (Phi) is 5.20. The molecule has 0 saturated heterocycles. The van der Waals surface area contributed by atoms with Gasteiger partial charge in [0.15, 0.2) is 5.82 Å². The van der Waals surface area contributed by atoms with E-state index in [9.17, 15) is 8.42 Å². The lowest BCUT2D eigenvalue weighted by Crippen LogP contribution is -2.16. The smallest absolute Gasteiger partial charge is 0.263 e. The summed E-state index contributed by atoms with van der Waals surface area (Å²) in [4.78, 5) is 0.0728. The highest BCUT2D eigenvalue weighted by molar-refractivity contribution is 7.92. The van der Waals surface area contributed by atoms with Crippen LogP contribution in [0.15, 0.2) is 41.3 Å². The highest BCUT2D eigenvalue weighted by atomic mass is 35.5. The number of nitrogens with zero attached hydrogens (tertiary/aromatic N) is 2. The molecule has 6 nitrogen and oxygen atoms in total. The second-order valence-corrected chi connectivity index (χ2v) is 6.94. The van der Waals surface area contributed by atoms with E-state index in [1.165, 1.54) is 12.1 Å². The summed E-state index contributed by atoms with van der Waals surface area (Å²) < 4.78 is 26.8. The molecule has 0 fully saturated rings. The van der Waals surface area contributed by atoms with Crippen LogP contribution < -0.4 is 10.0 Å². The van der Waals surface area contributed by atoms with Gasteiger partial charge in [-0.3, -0.25) is 4.72 Å². The molecule has 8 heteroatoms. The van der Waals surface area contributed by atoms with Crippen LogP contribution >= 0.6 is 11.6 Å². The van der Waals surface area contributed by atoms with E-state index in [1.54, 1.807) is 24.3 Å². The third kappa shape index (κ3) is 4.32. The number of aromatic nitrogens is 2. The molecule has 2 aromatic rings. The van der Waals surface area contributed by atoms with Crippen molar-refractivity contribution in [3.05, 3.63) is 41.4 Å². The number of benzene rings is 1. The van der Waals surface area contributed by atoms with E-state index >= 15 is 0 Å². The van der Waals surface area contributed by atoms with Gasteiger partial charge in [0.2, 0.25) is 0 Å². The number of sulfonamides is 1. The Balaban J connectivity index is 2.13. The van der Waals surface area contributed by atoms with Gasteiger partial charge < -0.3 is 5.32 Å². The molecule has 0 saturated carbocycles. The molecular weight excluding hydrogens is 324 g/mol. The molecule has 0 amide bonds. The average molecular weight is 341 g/mol. The van der Waals surface area contributed by atoms with Gasteiger partial charge in [-0.2, -0.15) is 0 Å². The highest BCUT2D eigenvalue weighted by Crippen LogP contribution is 2.18. The third-order valence-electron chi connectivity index (χ3n) is 3.02. The van der Waals surface area contributed by atoms with Gasteiger partial charge in [-0.05, 0) is 43.7 Å². The molecule has 0 radical (unpaired) electrons. The summed E-state index contributed by atoms with van der Waals surface area (Å²) in [6, 6.07) is 9.51. The van der Waals surface area contributed by atoms with Gasteiger partial charge in [0.1, 0.15) is 5.82 Å². The minimum atomic E-state index is -3.73. The van der Waals surface area contributed by atoms with Gasteiger partial charge in [-0.25, -0.2) is 8.42 Å². The van der Waals surface area contributed by atoms with Crippen molar-refractivity contribution < 1.29 is 8.42 Å². The number of hydrogen-bond acceptors (Lipinski definition) is 5. The quantitative estimate of drug-likeness (QED) is 0.844. The molecule has 22 heavy (non-hydrogen) atoms. The molecule has 2 rings (SSSR count). The first-order valence-corrected chi connectivity index (χ1v) is 8.65. The Hall–Kier alpha value is -1.86. The third-order valence-corrected chi connectivity index (χ3v) is 4.60. The lowest BCUT2D eigenvalue weighted by Gasteiger charge is -2.12. The molecule has 1 aromatic carbocycles. The summed E-state index contributed by atoms with van der Waals surface area (Å²) in [7, 11) is -3.73. The largest absolute Gasteiger partial charge is 0.366 e. The van der Waals surface area contributed by atoms with Gasteiger partial charge in [-0.1, -0.05) is 24.6 Å². The van der Waals surface area contributed by atoms with Gasteiger partial charge in [0.25, 0.3) is 10.0 Å². The van der Waals surface area contributed by atoms with E-state index < -0.39 is 10.0 Å². The van der Waals surface area contributed by atoms with E-state index in [-0.39, 0.29) is 16.8 Å². The normalized spacial score (nSPS) is 12.7. The fourth-order valence-corrected chi connectivity index (χ4v) is 2.95. The molecule has 0 aliphatic rings. The Morgan fingerprint density at radius 3 is 2.45 bits per heavy atom. The van der Waals surface area contributed by atoms with Gasteiger partial charge in [-0.15, -0.1) is 10.2 Å². The number of rotatable bonds is 6. The Morgan fingerprint density at radius 2 is 1.86 bits per heavy atom. The predicted octanol–water partition coefficient (Wildman–Crippen LogP) is 3.14. The molecule has 0 bridgehead atoms. The number of halogens is 1. The van der Waals surface area contributed by atoms with Crippen LogP contribution in [0, 0.1) is 0 Å². The van der Waals surface area contributed by atoms with Crippen molar-refractivity contribution >= 4 is 33.3 Å². The zero-order chi connectivity index (χ0) is 16.2. The predicted molar refractivity (Wildman–Crippen MR) is 87.7 cm³/mol. The van der Waals surface area contributed by atoms with Crippen LogP contribution in [0.2, 0.25) is 5.02 Å². The van der Waals surface area contributed by atoms with Crippen molar-refractivity contribution in [1.82, 2.24) is 10.2 Å². The topological polar surface area (TPSA) is 84.0 Å². The summed E-state index contributed by atoms with van der Waals surface area (Å²) in [5, 5.41) is 11.3. The van der Waals surface area contributed by atoms with Crippen LogP contribution in [0.4, 0.5) is 11.6 Å². The standard InChI is InChI=1S/C14H17ClN4O2S/c1-3-10(2)16-13-7-8-14(18-17-13)19-22(20,21)12-6-4-5-11(15)9-12/h4-10H,3H2,1-2H3,(H,16,17)(H,18,19). The van der Waals surface area contributed by atoms with Crippen molar-refractivity contribution in [2.24, 2.45) is 0 Å². The molecule has 118 valence electrons. The molecule has 1 aromatic heterocycles. The average Bonchev–Trinajstić information content (AvgIpc) is 2.49. The lowest BCUT2D eigenvalue weighted by atomic mass is 10.2. The fourth-order valence-electron chi connectivity index (χ4n) is 1.65. The summed E-state index contributed by atoms with van der Waals surface area (Å²) in [6.45, 7) is 4.08. The lowest BCUT2D eigenvalue weighted by molar-refractivity contribution is 0.601. The van der Waals surface area contributed by atoms with Crippen molar-refractivity contribution in [2.45, 2.75) is 31.2 Å². The van der Waals surface area contributed by atoms with Gasteiger partial charge in [0.05, 0.1) is 4.90 Å². The minimum absolute atomic E-state index is 0.0728. The highest BCUT2D eigenvalue weighted by Gasteiger charge is 2.15. The van der Waals surface area contributed by atoms with Crippen LogP contribution in [0.25, 0.3) is 0 Å². The first kappa shape index (κ1) is 16.5. The summed E-state index contributed by atoms with van der Waals surface area (Å²) in [5.74, 6) is 0.745. The van der Waals surface area contributed by atoms with Crippen molar-refractivity contribution in [2.75, 3.05) is 10.0 Å². The number of hydrogen-bond donors (Lipinski definition) is 2. The molecule has 1 heterocycles. The fraction of sp³-hybridized carbons (Fsp3) is 0.286. The Labute approximate surface area is 135 Å². The first-order valence-electron chi connectivity index (χ1n) is 6.79. The van der Waals surface area contributed by atoms with Crippen molar-refractivity contribution in [3.63, 3.8) is 0 Å². The number of nitrogens with one attached hydrogen (secondary N) is 2. The van der Waals surface area contributed by atoms with E-state index in [4.69, 9.17) is 11.6 Å². The second kappa shape index (κ2) is 6.93. The molecule has 0 spiro atoms. The summed E-state index contributed by atoms with van der Waals surface area (Å²) in [5.41, 5.74) is 0. The number of anilines is 2. The van der Waals surface area contributed by atoms with Crippen LogP contribution in [0.3, 0.4) is 0 Å². The molecule has 0 aliphatic heterocycles. The maximum atomic E-state index is 12.2. The van der Waals surface area contributed by atoms with Crippen molar-refractivity contribution in [1.29, 1.82) is 0 Å². The van der Waals surface area contributed by atoms with E-state index in [0.29, 0.717) is 10.8 Å². The second-order valence-electron chi connectivity index (χ2n) is 4.82. The maximum absolute atomic E-state index is 12.2. The molecule has 1 unspecified atom stereocenters. The molecule has 2 N–H and O–H groups in total. The van der Waals surface area contributed by atoms with Gasteiger partial charge >= 0.3 is 0 Å². The van der Waals surface area contributed by atoms with Crippen LogP contribution in [0.5, 0.6) is 0 Å². The van der Waals surface area contributed by atoms with Crippen LogP contribution in [-0.2, 0) is 10.0 Å². The molecule has 1 atom stereocenters. The summed E-state index contributed by atoms with van der Waals surface area (Å²) in [6.07, 6.45) is 0.949. The molecule has 0 aliphatic carbocycles. The Morgan fingerprint density at radius 1 is 1.18 bits per heavy atom. The van der Waals surface area contributed by atoms with Crippen LogP contribution in [-0.4, -0.2) is 24.7 Å². The zero-order valence-electron chi connectivity index (χ0n) is 12.2. The van der Waals surface area contributed by atoms with Crippen LogP contribution in [0.1, 0.15) is 20.3 Å². The Bertz CT molecular complexity index is 735. The van der Waals surface area contributed by atoms with E-state index in [1.807, 2.05) is 6.92 Å². The van der Waals surface area contributed by atoms with E-state index in [2.05, 4.69) is 27.2 Å². The van der Waals surface area contributed by atoms with Gasteiger partial charge in [0, 0.05) is 11.1 Å². The molecular formula is C14H17ClN4O2S. The van der Waals surface area contributed by atoms with Crippen molar-refractivity contribution in [3.8, 4) is 0 Å². The summed E-state index contributed by atoms with van der Waals surface area (Å²) >= 11 is 5.81. The van der Waals surface area contributed by atoms with E-state index in [0.717, 1.165) is 6.42 Å². The zero-order valence-corrected chi connectivity index (χ0v) is 13.8. The monoisotopic (exact) mass is 340 g/mol. The maximum Gasteiger partial charge on any atom is 0.263 e. The first-order chi connectivity index (χ1) is 10.4.